The summed E-state index contributed by atoms with van der Waals surface area (Å²) in [5.74, 6) is -1.13. The molecule has 1 aliphatic rings. The molecule has 0 radical (unpaired) electrons. The van der Waals surface area contributed by atoms with E-state index >= 15 is 0 Å². The smallest absolute Gasteiger partial charge is 0.328 e. The van der Waals surface area contributed by atoms with E-state index in [1.807, 2.05) is 19.9 Å². The lowest BCUT2D eigenvalue weighted by Crippen LogP contribution is -2.52. The molecule has 0 saturated carbocycles. The number of benzene rings is 1. The maximum atomic E-state index is 12.5. The van der Waals surface area contributed by atoms with Crippen molar-refractivity contribution in [1.82, 2.24) is 4.90 Å². The third-order valence-corrected chi connectivity index (χ3v) is 3.87. The van der Waals surface area contributed by atoms with Crippen molar-refractivity contribution in [2.24, 2.45) is 0 Å². The fourth-order valence-corrected chi connectivity index (χ4v) is 2.74. The number of rotatable bonds is 3. The van der Waals surface area contributed by atoms with E-state index in [0.717, 1.165) is 5.56 Å². The van der Waals surface area contributed by atoms with E-state index in [0.29, 0.717) is 17.2 Å². The molecule has 1 unspecified atom stereocenters. The Balaban J connectivity index is 2.26. The van der Waals surface area contributed by atoms with Crippen LogP contribution in [0, 0.1) is 0 Å². The summed E-state index contributed by atoms with van der Waals surface area (Å²) in [6, 6.07) is 4.16. The van der Waals surface area contributed by atoms with Crippen molar-refractivity contribution < 1.29 is 19.4 Å². The van der Waals surface area contributed by atoms with Gasteiger partial charge in [-0.25, -0.2) is 4.79 Å². The molecule has 2 rings (SSSR count). The molecular formula is C15H18ClNO4. The quantitative estimate of drug-likeness (QED) is 0.930. The van der Waals surface area contributed by atoms with Gasteiger partial charge >= 0.3 is 5.97 Å². The monoisotopic (exact) mass is 311 g/mol. The van der Waals surface area contributed by atoms with E-state index in [2.05, 4.69) is 0 Å². The van der Waals surface area contributed by atoms with Crippen molar-refractivity contribution in [3.05, 3.63) is 34.3 Å². The van der Waals surface area contributed by atoms with Crippen LogP contribution in [0.3, 0.4) is 0 Å². The number of aliphatic carboxylic acids is 1. The second-order valence-corrected chi connectivity index (χ2v) is 5.73. The molecule has 1 N–H and O–H groups in total. The summed E-state index contributed by atoms with van der Waals surface area (Å²) in [5, 5.41) is 9.70. The minimum Gasteiger partial charge on any atom is -0.480 e. The molecule has 1 heterocycles. The zero-order chi connectivity index (χ0) is 15.6. The van der Waals surface area contributed by atoms with Crippen LogP contribution < -0.4 is 0 Å². The summed E-state index contributed by atoms with van der Waals surface area (Å²) in [5.41, 5.74) is 1.36. The van der Waals surface area contributed by atoms with Crippen molar-refractivity contribution >= 4 is 23.5 Å². The third-order valence-electron chi connectivity index (χ3n) is 3.54. The van der Waals surface area contributed by atoms with E-state index in [1.54, 1.807) is 12.1 Å². The Morgan fingerprint density at radius 3 is 2.71 bits per heavy atom. The number of ether oxygens (including phenoxy) is 1. The maximum Gasteiger partial charge on any atom is 0.328 e. The van der Waals surface area contributed by atoms with Gasteiger partial charge in [0.05, 0.1) is 13.2 Å². The number of amides is 1. The highest BCUT2D eigenvalue weighted by Crippen LogP contribution is 2.26. The Hall–Kier alpha value is -1.59. The Morgan fingerprint density at radius 2 is 2.14 bits per heavy atom. The van der Waals surface area contributed by atoms with Gasteiger partial charge in [-0.3, -0.25) is 4.79 Å². The van der Waals surface area contributed by atoms with E-state index in [9.17, 15) is 14.7 Å². The van der Waals surface area contributed by atoms with Crippen LogP contribution in [0.2, 0.25) is 5.02 Å². The van der Waals surface area contributed by atoms with Crippen molar-refractivity contribution in [3.8, 4) is 0 Å². The van der Waals surface area contributed by atoms with Gasteiger partial charge in [-0.1, -0.05) is 31.5 Å². The molecule has 5 nitrogen and oxygen atoms in total. The highest BCUT2D eigenvalue weighted by Gasteiger charge is 2.33. The Kier molecular flexibility index (Phi) is 4.85. The van der Waals surface area contributed by atoms with Crippen LogP contribution >= 0.6 is 11.6 Å². The predicted molar refractivity (Wildman–Crippen MR) is 78.8 cm³/mol. The number of carbonyl (C=O) groups is 2. The summed E-state index contributed by atoms with van der Waals surface area (Å²) < 4.78 is 5.13. The first-order chi connectivity index (χ1) is 9.91. The van der Waals surface area contributed by atoms with E-state index in [-0.39, 0.29) is 25.0 Å². The standard InChI is InChI=1S/C15H18ClNO4/c1-9(2)11-4-3-10(7-12(11)16)14(18)17-5-6-21-8-13(17)15(19)20/h3-4,7,9,13H,5-6,8H2,1-2H3,(H,19,20). The highest BCUT2D eigenvalue weighted by molar-refractivity contribution is 6.31. The van der Waals surface area contributed by atoms with Crippen LogP contribution in [0.1, 0.15) is 35.7 Å². The third kappa shape index (κ3) is 3.36. The molecule has 0 spiro atoms. The number of hydrogen-bond acceptors (Lipinski definition) is 3. The normalized spacial score (nSPS) is 18.9. The second-order valence-electron chi connectivity index (χ2n) is 5.32. The van der Waals surface area contributed by atoms with Gasteiger partial charge in [0.1, 0.15) is 0 Å². The Bertz CT molecular complexity index is 559. The summed E-state index contributed by atoms with van der Waals surface area (Å²) >= 11 is 6.19. The molecular weight excluding hydrogens is 294 g/mol. The Labute approximate surface area is 128 Å². The number of carboxylic acid groups (broad SMARTS) is 1. The molecule has 0 aromatic heterocycles. The van der Waals surface area contributed by atoms with E-state index in [1.165, 1.54) is 4.90 Å². The Morgan fingerprint density at radius 1 is 1.43 bits per heavy atom. The van der Waals surface area contributed by atoms with Crippen LogP contribution in [0.25, 0.3) is 0 Å². The molecule has 1 amide bonds. The lowest BCUT2D eigenvalue weighted by molar-refractivity contribution is -0.147. The van der Waals surface area contributed by atoms with Crippen molar-refractivity contribution in [2.45, 2.75) is 25.8 Å². The zero-order valence-electron chi connectivity index (χ0n) is 12.0. The molecule has 1 saturated heterocycles. The molecule has 0 aliphatic carbocycles. The average Bonchev–Trinajstić information content (AvgIpc) is 2.45. The van der Waals surface area contributed by atoms with Crippen molar-refractivity contribution in [1.29, 1.82) is 0 Å². The first-order valence-corrected chi connectivity index (χ1v) is 7.20. The van der Waals surface area contributed by atoms with E-state index < -0.39 is 12.0 Å². The van der Waals surface area contributed by atoms with Crippen LogP contribution in [-0.2, 0) is 9.53 Å². The van der Waals surface area contributed by atoms with Gasteiger partial charge < -0.3 is 14.7 Å². The lowest BCUT2D eigenvalue weighted by Gasteiger charge is -2.33. The average molecular weight is 312 g/mol. The molecule has 114 valence electrons. The largest absolute Gasteiger partial charge is 0.480 e. The van der Waals surface area contributed by atoms with Crippen LogP contribution in [0.5, 0.6) is 0 Å². The molecule has 1 fully saturated rings. The first kappa shape index (κ1) is 15.8. The topological polar surface area (TPSA) is 66.8 Å². The molecule has 1 aliphatic heterocycles. The minimum absolute atomic E-state index is 0.0128. The number of halogens is 1. The van der Waals surface area contributed by atoms with Crippen LogP contribution in [0.4, 0.5) is 0 Å². The molecule has 6 heteroatoms. The van der Waals surface area contributed by atoms with Gasteiger partial charge in [-0.15, -0.1) is 0 Å². The zero-order valence-corrected chi connectivity index (χ0v) is 12.8. The fourth-order valence-electron chi connectivity index (χ4n) is 2.35. The summed E-state index contributed by atoms with van der Waals surface area (Å²) in [6.45, 7) is 4.65. The molecule has 0 bridgehead atoms. The fraction of sp³-hybridized carbons (Fsp3) is 0.467. The minimum atomic E-state index is -1.06. The SMILES string of the molecule is CC(C)c1ccc(C(=O)N2CCOCC2C(=O)O)cc1Cl. The van der Waals surface area contributed by atoms with Gasteiger partial charge in [0, 0.05) is 17.1 Å². The number of carbonyl (C=O) groups excluding carboxylic acids is 1. The number of morpholine rings is 1. The number of carboxylic acids is 1. The van der Waals surface area contributed by atoms with Gasteiger partial charge in [-0.05, 0) is 23.6 Å². The molecule has 1 aromatic rings. The summed E-state index contributed by atoms with van der Waals surface area (Å²) in [7, 11) is 0. The summed E-state index contributed by atoms with van der Waals surface area (Å²) in [6.07, 6.45) is 0. The van der Waals surface area contributed by atoms with Gasteiger partial charge in [0.25, 0.3) is 5.91 Å². The molecule has 1 aromatic carbocycles. The van der Waals surface area contributed by atoms with Gasteiger partial charge in [-0.2, -0.15) is 0 Å². The second kappa shape index (κ2) is 6.45. The van der Waals surface area contributed by atoms with Crippen molar-refractivity contribution in [3.63, 3.8) is 0 Å². The van der Waals surface area contributed by atoms with Gasteiger partial charge in [0.15, 0.2) is 6.04 Å². The maximum absolute atomic E-state index is 12.5. The van der Waals surface area contributed by atoms with Crippen molar-refractivity contribution in [2.75, 3.05) is 19.8 Å². The van der Waals surface area contributed by atoms with Gasteiger partial charge in [0.2, 0.25) is 0 Å². The summed E-state index contributed by atoms with van der Waals surface area (Å²) in [4.78, 5) is 25.0. The predicted octanol–water partition coefficient (Wildman–Crippen LogP) is 2.39. The van der Waals surface area contributed by atoms with E-state index in [4.69, 9.17) is 16.3 Å². The lowest BCUT2D eigenvalue weighted by atomic mass is 10.0. The van der Waals surface area contributed by atoms with Crippen LogP contribution in [0.15, 0.2) is 18.2 Å². The number of hydrogen-bond donors (Lipinski definition) is 1. The molecule has 21 heavy (non-hydrogen) atoms. The van der Waals surface area contributed by atoms with Crippen LogP contribution in [-0.4, -0.2) is 47.7 Å². The molecule has 1 atom stereocenters. The highest BCUT2D eigenvalue weighted by atomic mass is 35.5. The number of nitrogens with zero attached hydrogens (tertiary/aromatic N) is 1. The first-order valence-electron chi connectivity index (χ1n) is 6.82.